The number of H-pyrrole nitrogens is 1. The zero-order valence-electron chi connectivity index (χ0n) is 19.8. The van der Waals surface area contributed by atoms with Crippen LogP contribution in [0.5, 0.6) is 17.2 Å². The molecule has 1 aliphatic rings. The number of amides is 1. The number of rotatable bonds is 11. The Morgan fingerprint density at radius 3 is 2.65 bits per heavy atom. The molecule has 1 amide bonds. The molecule has 8 heteroatoms. The first-order valence-electron chi connectivity index (χ1n) is 11.6. The lowest BCUT2D eigenvalue weighted by Crippen LogP contribution is -2.32. The normalized spacial score (nSPS) is 15.0. The highest BCUT2D eigenvalue weighted by atomic mass is 16.5. The molecule has 2 N–H and O–H groups in total. The molecule has 0 fully saturated rings. The number of carbonyl (C=O) groups is 1. The molecule has 0 radical (unpaired) electrons. The van der Waals surface area contributed by atoms with E-state index in [2.05, 4.69) is 17.1 Å². The second-order valence-corrected chi connectivity index (χ2v) is 8.24. The summed E-state index contributed by atoms with van der Waals surface area (Å²) in [5, 5.41) is 17.8. The molecule has 2 heterocycles. The molecular weight excluding hydrogens is 434 g/mol. The Balaban J connectivity index is 1.76. The van der Waals surface area contributed by atoms with Gasteiger partial charge in [0, 0.05) is 24.8 Å². The van der Waals surface area contributed by atoms with Gasteiger partial charge < -0.3 is 24.2 Å². The van der Waals surface area contributed by atoms with Gasteiger partial charge >= 0.3 is 0 Å². The van der Waals surface area contributed by atoms with Crippen LogP contribution in [-0.4, -0.2) is 60.1 Å². The molecule has 1 aromatic heterocycles. The van der Waals surface area contributed by atoms with Gasteiger partial charge in [0.05, 0.1) is 26.4 Å². The summed E-state index contributed by atoms with van der Waals surface area (Å²) >= 11 is 0. The van der Waals surface area contributed by atoms with Crippen molar-refractivity contribution in [3.8, 4) is 28.5 Å². The van der Waals surface area contributed by atoms with Crippen molar-refractivity contribution < 1.29 is 24.1 Å². The van der Waals surface area contributed by atoms with Gasteiger partial charge in [0.1, 0.15) is 17.1 Å². The first-order chi connectivity index (χ1) is 16.6. The predicted molar refractivity (Wildman–Crippen MR) is 128 cm³/mol. The van der Waals surface area contributed by atoms with Crippen LogP contribution in [0.25, 0.3) is 11.3 Å². The highest BCUT2D eigenvalue weighted by molar-refractivity contribution is 6.00. The number of fused-ring (bicyclic) bond motifs is 1. The van der Waals surface area contributed by atoms with Gasteiger partial charge in [-0.3, -0.25) is 9.89 Å². The number of nitrogens with zero attached hydrogens (tertiary/aromatic N) is 2. The minimum atomic E-state index is -0.422. The summed E-state index contributed by atoms with van der Waals surface area (Å²) in [5.41, 5.74) is 3.11. The number of para-hydroxylation sites is 1. The Labute approximate surface area is 199 Å². The summed E-state index contributed by atoms with van der Waals surface area (Å²) < 4.78 is 16.8. The maximum absolute atomic E-state index is 13.3. The van der Waals surface area contributed by atoms with Crippen molar-refractivity contribution in [3.63, 3.8) is 0 Å². The van der Waals surface area contributed by atoms with E-state index in [1.54, 1.807) is 37.3 Å². The largest absolute Gasteiger partial charge is 0.507 e. The second-order valence-electron chi connectivity index (χ2n) is 8.24. The third kappa shape index (κ3) is 4.46. The van der Waals surface area contributed by atoms with Crippen LogP contribution in [-0.2, 0) is 4.74 Å². The van der Waals surface area contributed by atoms with E-state index in [0.29, 0.717) is 48.2 Å². The van der Waals surface area contributed by atoms with Gasteiger partial charge in [-0.15, -0.1) is 0 Å². The Kier molecular flexibility index (Phi) is 7.37. The van der Waals surface area contributed by atoms with Crippen LogP contribution in [0.1, 0.15) is 53.8 Å². The molecule has 0 aliphatic carbocycles. The van der Waals surface area contributed by atoms with E-state index in [9.17, 15) is 9.90 Å². The van der Waals surface area contributed by atoms with Gasteiger partial charge in [-0.1, -0.05) is 38.0 Å². The van der Waals surface area contributed by atoms with Gasteiger partial charge in [-0.25, -0.2) is 0 Å². The van der Waals surface area contributed by atoms with E-state index in [1.807, 2.05) is 24.3 Å². The summed E-state index contributed by atoms with van der Waals surface area (Å²) in [6.07, 6.45) is 3.21. The molecule has 1 unspecified atom stereocenters. The van der Waals surface area contributed by atoms with Gasteiger partial charge in [0.25, 0.3) is 5.91 Å². The number of hydrogen-bond donors (Lipinski definition) is 2. The second kappa shape index (κ2) is 10.6. The van der Waals surface area contributed by atoms with Crippen LogP contribution in [0.2, 0.25) is 0 Å². The van der Waals surface area contributed by atoms with Crippen molar-refractivity contribution in [1.29, 1.82) is 0 Å². The van der Waals surface area contributed by atoms with Crippen LogP contribution < -0.4 is 9.47 Å². The van der Waals surface area contributed by atoms with E-state index in [0.717, 1.165) is 30.4 Å². The number of methoxy groups -OCH3 is 2. The number of aromatic nitrogens is 2. The average Bonchev–Trinajstić information content (AvgIpc) is 3.39. The van der Waals surface area contributed by atoms with Crippen LogP contribution in [0, 0.1) is 0 Å². The topological polar surface area (TPSA) is 96.9 Å². The minimum absolute atomic E-state index is 0.103. The highest BCUT2D eigenvalue weighted by Crippen LogP contribution is 2.45. The molecule has 0 saturated heterocycles. The molecule has 1 aliphatic heterocycles. The number of phenols is 1. The molecule has 180 valence electrons. The Bertz CT molecular complexity index is 1140. The van der Waals surface area contributed by atoms with Crippen molar-refractivity contribution in [1.82, 2.24) is 15.1 Å². The van der Waals surface area contributed by atoms with Crippen LogP contribution >= 0.6 is 0 Å². The van der Waals surface area contributed by atoms with E-state index in [4.69, 9.17) is 14.2 Å². The van der Waals surface area contributed by atoms with Gasteiger partial charge in [0.15, 0.2) is 11.5 Å². The maximum Gasteiger partial charge on any atom is 0.273 e. The minimum Gasteiger partial charge on any atom is -0.507 e. The molecule has 2 aromatic carbocycles. The lowest BCUT2D eigenvalue weighted by Gasteiger charge is -2.26. The highest BCUT2D eigenvalue weighted by Gasteiger charge is 2.42. The van der Waals surface area contributed by atoms with Gasteiger partial charge in [-0.05, 0) is 36.2 Å². The smallest absolute Gasteiger partial charge is 0.273 e. The van der Waals surface area contributed by atoms with Gasteiger partial charge in [-0.2, -0.15) is 5.10 Å². The Morgan fingerprint density at radius 2 is 1.91 bits per heavy atom. The summed E-state index contributed by atoms with van der Waals surface area (Å²) in [7, 11) is 3.22. The van der Waals surface area contributed by atoms with Crippen LogP contribution in [0.3, 0.4) is 0 Å². The molecular formula is C26H31N3O5. The number of aromatic amines is 1. The van der Waals surface area contributed by atoms with E-state index >= 15 is 0 Å². The SMILES string of the molecule is CCCCCOc1ccc(C2c3c(-c4ccccc4O)n[nH]c3C(=O)N2CCOC)cc1OC. The molecule has 1 atom stereocenters. The molecule has 4 rings (SSSR count). The van der Waals surface area contributed by atoms with E-state index in [1.165, 1.54) is 0 Å². The number of nitrogens with one attached hydrogen (secondary N) is 1. The fourth-order valence-electron chi connectivity index (χ4n) is 4.35. The number of phenolic OH excluding ortho intramolecular Hbond substituents is 1. The first kappa shape index (κ1) is 23.6. The van der Waals surface area contributed by atoms with Crippen molar-refractivity contribution >= 4 is 5.91 Å². The third-order valence-corrected chi connectivity index (χ3v) is 6.07. The Hall–Kier alpha value is -3.52. The summed E-state index contributed by atoms with van der Waals surface area (Å²) in [6.45, 7) is 3.57. The average molecular weight is 466 g/mol. The zero-order valence-corrected chi connectivity index (χ0v) is 19.8. The molecule has 3 aromatic rings. The molecule has 34 heavy (non-hydrogen) atoms. The third-order valence-electron chi connectivity index (χ3n) is 6.07. The standard InChI is InChI=1S/C26H31N3O5/c1-4-5-8-14-34-20-12-11-17(16-21(20)33-3)25-22-23(18-9-6-7-10-19(18)30)27-28-24(22)26(31)29(25)13-15-32-2/h6-7,9-12,16,25,30H,4-5,8,13-15H2,1-3H3,(H,27,28). The fourth-order valence-corrected chi connectivity index (χ4v) is 4.35. The predicted octanol–water partition coefficient (Wildman–Crippen LogP) is 4.55. The number of unbranched alkanes of at least 4 members (excludes halogenated alkanes) is 2. The molecule has 8 nitrogen and oxygen atoms in total. The van der Waals surface area contributed by atoms with Crippen molar-refractivity contribution in [2.24, 2.45) is 0 Å². The first-order valence-corrected chi connectivity index (χ1v) is 11.6. The number of carbonyl (C=O) groups excluding carboxylic acids is 1. The lowest BCUT2D eigenvalue weighted by atomic mass is 9.95. The number of aromatic hydroxyl groups is 1. The summed E-state index contributed by atoms with van der Waals surface area (Å²) in [5.74, 6) is 1.22. The molecule has 0 bridgehead atoms. The monoisotopic (exact) mass is 465 g/mol. The van der Waals surface area contributed by atoms with Crippen LogP contribution in [0.15, 0.2) is 42.5 Å². The fraction of sp³-hybridized carbons (Fsp3) is 0.385. The summed E-state index contributed by atoms with van der Waals surface area (Å²) in [6, 6.07) is 12.3. The van der Waals surface area contributed by atoms with Crippen molar-refractivity contribution in [2.75, 3.05) is 34.0 Å². The van der Waals surface area contributed by atoms with E-state index < -0.39 is 6.04 Å². The molecule has 0 spiro atoms. The Morgan fingerprint density at radius 1 is 1.09 bits per heavy atom. The van der Waals surface area contributed by atoms with Crippen molar-refractivity contribution in [3.05, 3.63) is 59.3 Å². The number of hydrogen-bond acceptors (Lipinski definition) is 6. The lowest BCUT2D eigenvalue weighted by molar-refractivity contribution is 0.0677. The maximum atomic E-state index is 13.3. The van der Waals surface area contributed by atoms with Crippen molar-refractivity contribution in [2.45, 2.75) is 32.2 Å². The number of ether oxygens (including phenoxy) is 3. The summed E-state index contributed by atoms with van der Waals surface area (Å²) in [4.78, 5) is 15.1. The molecule has 0 saturated carbocycles. The zero-order chi connectivity index (χ0) is 24.1. The van der Waals surface area contributed by atoms with Gasteiger partial charge in [0.2, 0.25) is 0 Å². The van der Waals surface area contributed by atoms with E-state index in [-0.39, 0.29) is 11.7 Å². The number of benzene rings is 2. The quantitative estimate of drug-likeness (QED) is 0.403. The van der Waals surface area contributed by atoms with Crippen LogP contribution in [0.4, 0.5) is 0 Å².